The van der Waals surface area contributed by atoms with Crippen LogP contribution in [0.1, 0.15) is 20.3 Å². The van der Waals surface area contributed by atoms with E-state index in [9.17, 15) is 0 Å². The van der Waals surface area contributed by atoms with Crippen LogP contribution in [0.15, 0.2) is 6.20 Å². The van der Waals surface area contributed by atoms with Crippen molar-refractivity contribution in [2.75, 3.05) is 17.3 Å². The van der Waals surface area contributed by atoms with E-state index in [2.05, 4.69) is 27.6 Å². The average molecular weight is 258 g/mol. The fourth-order valence-electron chi connectivity index (χ4n) is 1.79. The maximum absolute atomic E-state index is 6.04. The third-order valence-corrected chi connectivity index (χ3v) is 3.44. The highest BCUT2D eigenvalue weighted by Gasteiger charge is 2.37. The van der Waals surface area contributed by atoms with Gasteiger partial charge in [0, 0.05) is 6.61 Å². The van der Waals surface area contributed by atoms with Crippen LogP contribution in [0, 0.1) is 0 Å². The van der Waals surface area contributed by atoms with Crippen molar-refractivity contribution in [2.45, 2.75) is 31.9 Å². The van der Waals surface area contributed by atoms with Crippen LogP contribution < -0.4 is 16.6 Å². The highest BCUT2D eigenvalue weighted by Crippen LogP contribution is 2.31. The van der Waals surface area contributed by atoms with Gasteiger partial charge < -0.3 is 10.1 Å². The minimum absolute atomic E-state index is 0.0998. The summed E-state index contributed by atoms with van der Waals surface area (Å²) < 4.78 is 5.55. The lowest BCUT2D eigenvalue weighted by molar-refractivity contribution is 0.105. The lowest BCUT2D eigenvalue weighted by atomic mass is 9.95. The quantitative estimate of drug-likeness (QED) is 0.561. The molecule has 1 saturated heterocycles. The first-order valence-corrected chi connectivity index (χ1v) is 5.82. The van der Waals surface area contributed by atoms with Crippen LogP contribution in [0.3, 0.4) is 0 Å². The summed E-state index contributed by atoms with van der Waals surface area (Å²) in [6.45, 7) is 4.84. The fraction of sp³-hybridized carbons (Fsp3) is 0.600. The van der Waals surface area contributed by atoms with E-state index in [0.29, 0.717) is 16.8 Å². The summed E-state index contributed by atoms with van der Waals surface area (Å²) in [5, 5.41) is 3.77. The number of nitrogens with one attached hydrogen (secondary N) is 2. The normalized spacial score (nSPS) is 28.1. The van der Waals surface area contributed by atoms with E-state index in [-0.39, 0.29) is 11.6 Å². The summed E-state index contributed by atoms with van der Waals surface area (Å²) in [4.78, 5) is 8.11. The lowest BCUT2D eigenvalue weighted by Gasteiger charge is -2.29. The molecular weight excluding hydrogens is 242 g/mol. The predicted molar refractivity (Wildman–Crippen MR) is 66.9 cm³/mol. The van der Waals surface area contributed by atoms with Crippen LogP contribution in [0.5, 0.6) is 0 Å². The molecule has 6 nitrogen and oxygen atoms in total. The zero-order valence-electron chi connectivity index (χ0n) is 9.83. The lowest BCUT2D eigenvalue weighted by Crippen LogP contribution is -2.41. The number of nitrogens with two attached hydrogens (primary N) is 1. The first-order valence-electron chi connectivity index (χ1n) is 5.44. The van der Waals surface area contributed by atoms with Crippen molar-refractivity contribution in [3.63, 3.8) is 0 Å². The van der Waals surface area contributed by atoms with Gasteiger partial charge in [0.05, 0.1) is 17.8 Å². The number of hydrogen-bond acceptors (Lipinski definition) is 6. The van der Waals surface area contributed by atoms with Crippen molar-refractivity contribution in [2.24, 2.45) is 5.84 Å². The maximum Gasteiger partial charge on any atom is 0.239 e. The molecule has 2 rings (SSSR count). The molecular formula is C10H16ClN5O. The Labute approximate surface area is 105 Å². The summed E-state index contributed by atoms with van der Waals surface area (Å²) >= 11 is 6.04. The molecule has 94 valence electrons. The molecule has 1 aliphatic rings. The number of halogens is 1. The smallest absolute Gasteiger partial charge is 0.239 e. The van der Waals surface area contributed by atoms with E-state index >= 15 is 0 Å². The zero-order chi connectivity index (χ0) is 12.5. The van der Waals surface area contributed by atoms with Crippen LogP contribution in [-0.4, -0.2) is 28.2 Å². The van der Waals surface area contributed by atoms with E-state index < -0.39 is 0 Å². The van der Waals surface area contributed by atoms with Crippen molar-refractivity contribution in [3.8, 4) is 0 Å². The van der Waals surface area contributed by atoms with E-state index in [1.54, 1.807) is 0 Å². The molecule has 4 N–H and O–H groups in total. The molecule has 0 bridgehead atoms. The molecule has 0 aliphatic carbocycles. The second kappa shape index (κ2) is 4.64. The van der Waals surface area contributed by atoms with Crippen molar-refractivity contribution in [3.05, 3.63) is 11.2 Å². The minimum Gasteiger partial charge on any atom is -0.376 e. The van der Waals surface area contributed by atoms with Crippen molar-refractivity contribution >= 4 is 23.4 Å². The maximum atomic E-state index is 6.04. The highest BCUT2D eigenvalue weighted by atomic mass is 35.5. The largest absolute Gasteiger partial charge is 0.376 e. The molecule has 0 spiro atoms. The summed E-state index contributed by atoms with van der Waals surface area (Å²) in [5.41, 5.74) is 2.21. The molecule has 2 heterocycles. The SMILES string of the molecule is CC1OCCC1(C)Nc1nc(NN)ncc1Cl. The molecule has 7 heteroatoms. The van der Waals surface area contributed by atoms with Crippen molar-refractivity contribution in [1.82, 2.24) is 9.97 Å². The Bertz CT molecular complexity index is 416. The number of rotatable bonds is 3. The van der Waals surface area contributed by atoms with Crippen LogP contribution >= 0.6 is 11.6 Å². The fourth-order valence-corrected chi connectivity index (χ4v) is 1.93. The van der Waals surface area contributed by atoms with Crippen LogP contribution in [0.4, 0.5) is 11.8 Å². The van der Waals surface area contributed by atoms with Crippen molar-refractivity contribution in [1.29, 1.82) is 0 Å². The number of ether oxygens (including phenoxy) is 1. The number of aromatic nitrogens is 2. The number of hydrazine groups is 1. The molecule has 1 aromatic heterocycles. The van der Waals surface area contributed by atoms with Gasteiger partial charge in [0.1, 0.15) is 5.02 Å². The molecule has 2 atom stereocenters. The summed E-state index contributed by atoms with van der Waals surface area (Å²) in [5.74, 6) is 6.16. The number of anilines is 2. The first-order chi connectivity index (χ1) is 8.05. The topological polar surface area (TPSA) is 85.1 Å². The zero-order valence-corrected chi connectivity index (χ0v) is 10.6. The molecule has 0 amide bonds. The molecule has 0 saturated carbocycles. The van der Waals surface area contributed by atoms with Gasteiger partial charge in [-0.25, -0.2) is 10.8 Å². The van der Waals surface area contributed by atoms with Gasteiger partial charge in [-0.05, 0) is 20.3 Å². The van der Waals surface area contributed by atoms with Gasteiger partial charge in [0.15, 0.2) is 5.82 Å². The van der Waals surface area contributed by atoms with Gasteiger partial charge in [-0.15, -0.1) is 0 Å². The number of nitrogen functional groups attached to an aromatic ring is 1. The summed E-state index contributed by atoms with van der Waals surface area (Å²) in [6, 6.07) is 0. The Balaban J connectivity index is 2.23. The second-order valence-corrected chi connectivity index (χ2v) is 4.75. The van der Waals surface area contributed by atoms with Crippen molar-refractivity contribution < 1.29 is 4.74 Å². The molecule has 0 aromatic carbocycles. The predicted octanol–water partition coefficient (Wildman–Crippen LogP) is 1.39. The molecule has 1 aromatic rings. The van der Waals surface area contributed by atoms with E-state index in [1.165, 1.54) is 6.20 Å². The third-order valence-electron chi connectivity index (χ3n) is 3.16. The Morgan fingerprint density at radius 1 is 1.65 bits per heavy atom. The molecule has 1 aliphatic heterocycles. The Hall–Kier alpha value is -1.11. The molecule has 0 radical (unpaired) electrons. The van der Waals surface area contributed by atoms with Crippen LogP contribution in [-0.2, 0) is 4.74 Å². The molecule has 2 unspecified atom stereocenters. The molecule has 17 heavy (non-hydrogen) atoms. The van der Waals surface area contributed by atoms with Gasteiger partial charge in [-0.1, -0.05) is 11.6 Å². The number of hydrogen-bond donors (Lipinski definition) is 3. The van der Waals surface area contributed by atoms with E-state index in [0.717, 1.165) is 13.0 Å². The minimum atomic E-state index is -0.177. The van der Waals surface area contributed by atoms with Crippen LogP contribution in [0.2, 0.25) is 5.02 Å². The average Bonchev–Trinajstić information content (AvgIpc) is 2.62. The number of nitrogens with zero attached hydrogens (tertiary/aromatic N) is 2. The van der Waals surface area contributed by atoms with Crippen LogP contribution in [0.25, 0.3) is 0 Å². The monoisotopic (exact) mass is 257 g/mol. The van der Waals surface area contributed by atoms with Gasteiger partial charge in [-0.2, -0.15) is 4.98 Å². The Morgan fingerprint density at radius 3 is 3.00 bits per heavy atom. The standard InChI is InChI=1S/C10H16ClN5O/c1-6-10(2,3-4-17-6)15-8-7(11)5-13-9(14-8)16-12/h5-6H,3-4,12H2,1-2H3,(H2,13,14,15,16). The summed E-state index contributed by atoms with van der Waals surface area (Å²) in [7, 11) is 0. The first kappa shape index (κ1) is 12.3. The van der Waals surface area contributed by atoms with E-state index in [1.807, 2.05) is 6.92 Å². The van der Waals surface area contributed by atoms with Gasteiger partial charge >= 0.3 is 0 Å². The summed E-state index contributed by atoms with van der Waals surface area (Å²) in [6.07, 6.45) is 2.51. The highest BCUT2D eigenvalue weighted by molar-refractivity contribution is 6.32. The van der Waals surface area contributed by atoms with Gasteiger partial charge in [0.2, 0.25) is 5.95 Å². The second-order valence-electron chi connectivity index (χ2n) is 4.34. The Kier molecular flexibility index (Phi) is 3.37. The van der Waals surface area contributed by atoms with Gasteiger partial charge in [-0.3, -0.25) is 5.43 Å². The third kappa shape index (κ3) is 2.43. The van der Waals surface area contributed by atoms with Gasteiger partial charge in [0.25, 0.3) is 0 Å². The molecule has 1 fully saturated rings. The van der Waals surface area contributed by atoms with E-state index in [4.69, 9.17) is 22.2 Å². The Morgan fingerprint density at radius 2 is 2.41 bits per heavy atom.